The van der Waals surface area contributed by atoms with E-state index in [0.717, 1.165) is 5.56 Å². The molecule has 0 aromatic heterocycles. The van der Waals surface area contributed by atoms with Gasteiger partial charge in [0.05, 0.1) is 16.4 Å². The Labute approximate surface area is 172 Å². The van der Waals surface area contributed by atoms with Gasteiger partial charge in [0, 0.05) is 12.1 Å². The predicted molar refractivity (Wildman–Crippen MR) is 110 cm³/mol. The molecule has 1 aliphatic rings. The topological polar surface area (TPSA) is 66.5 Å². The number of halogens is 2. The maximum atomic E-state index is 13.8. The van der Waals surface area contributed by atoms with Crippen LogP contribution in [0.1, 0.15) is 15.9 Å². The lowest BCUT2D eigenvalue weighted by Crippen LogP contribution is -2.29. The van der Waals surface area contributed by atoms with Crippen LogP contribution in [0.2, 0.25) is 5.02 Å². The van der Waals surface area contributed by atoms with Crippen molar-refractivity contribution in [2.75, 3.05) is 16.2 Å². The summed E-state index contributed by atoms with van der Waals surface area (Å²) >= 11 is 6.18. The highest BCUT2D eigenvalue weighted by Crippen LogP contribution is 2.35. The van der Waals surface area contributed by atoms with Crippen molar-refractivity contribution in [2.24, 2.45) is 0 Å². The zero-order valence-electron chi connectivity index (χ0n) is 15.1. The molecule has 1 heterocycles. The Kier molecular flexibility index (Phi) is 5.02. The van der Waals surface area contributed by atoms with Gasteiger partial charge in [0.2, 0.25) is 0 Å². The van der Waals surface area contributed by atoms with Crippen LogP contribution in [-0.4, -0.2) is 20.9 Å². The minimum absolute atomic E-state index is 0.00493. The second kappa shape index (κ2) is 7.50. The van der Waals surface area contributed by atoms with Gasteiger partial charge in [-0.05, 0) is 48.4 Å². The molecule has 0 radical (unpaired) electrons. The van der Waals surface area contributed by atoms with E-state index in [-0.39, 0.29) is 21.2 Å². The van der Waals surface area contributed by atoms with Crippen LogP contribution < -0.4 is 9.62 Å². The molecule has 3 aromatic carbocycles. The third kappa shape index (κ3) is 3.59. The summed E-state index contributed by atoms with van der Waals surface area (Å²) in [5.41, 5.74) is 1.60. The number of benzene rings is 3. The fourth-order valence-corrected chi connectivity index (χ4v) is 5.28. The van der Waals surface area contributed by atoms with Gasteiger partial charge in [-0.1, -0.05) is 41.9 Å². The van der Waals surface area contributed by atoms with Crippen molar-refractivity contribution < 1.29 is 17.6 Å². The molecule has 0 unspecified atom stereocenters. The number of anilines is 2. The number of para-hydroxylation sites is 2. The molecule has 3 aromatic rings. The number of carbonyl (C=O) groups is 1. The second-order valence-electron chi connectivity index (χ2n) is 6.54. The molecular formula is C21H16ClFN2O3S. The normalized spacial score (nSPS) is 13.2. The zero-order chi connectivity index (χ0) is 20.6. The average molecular weight is 431 g/mol. The quantitative estimate of drug-likeness (QED) is 0.663. The highest BCUT2D eigenvalue weighted by Gasteiger charge is 2.32. The van der Waals surface area contributed by atoms with E-state index in [4.69, 9.17) is 11.6 Å². The number of rotatable bonds is 4. The number of nitrogens with zero attached hydrogens (tertiary/aromatic N) is 1. The largest absolute Gasteiger partial charge is 0.319 e. The van der Waals surface area contributed by atoms with Crippen molar-refractivity contribution in [3.63, 3.8) is 0 Å². The minimum atomic E-state index is -3.97. The molecule has 5 nitrogen and oxygen atoms in total. The van der Waals surface area contributed by atoms with Crippen LogP contribution in [0.5, 0.6) is 0 Å². The maximum Gasteiger partial charge on any atom is 0.265 e. The predicted octanol–water partition coefficient (Wildman–Crippen LogP) is 4.48. The number of carbonyl (C=O) groups excluding carboxylic acids is 1. The summed E-state index contributed by atoms with van der Waals surface area (Å²) in [7, 11) is -3.97. The third-order valence-electron chi connectivity index (χ3n) is 4.73. The molecule has 0 atom stereocenters. The Bertz CT molecular complexity index is 1210. The fourth-order valence-electron chi connectivity index (χ4n) is 3.28. The molecule has 1 N–H and O–H groups in total. The second-order valence-corrected chi connectivity index (χ2v) is 8.77. The van der Waals surface area contributed by atoms with Crippen molar-refractivity contribution in [2.45, 2.75) is 11.3 Å². The van der Waals surface area contributed by atoms with E-state index in [0.29, 0.717) is 18.7 Å². The summed E-state index contributed by atoms with van der Waals surface area (Å²) in [6, 6.07) is 16.9. The Morgan fingerprint density at radius 3 is 2.55 bits per heavy atom. The van der Waals surface area contributed by atoms with Crippen LogP contribution in [0.15, 0.2) is 71.6 Å². The summed E-state index contributed by atoms with van der Waals surface area (Å²) in [5, 5.41) is 2.46. The number of fused-ring (bicyclic) bond motifs is 1. The first-order valence-electron chi connectivity index (χ1n) is 8.84. The van der Waals surface area contributed by atoms with Crippen molar-refractivity contribution in [3.8, 4) is 0 Å². The van der Waals surface area contributed by atoms with E-state index in [1.807, 2.05) is 12.1 Å². The van der Waals surface area contributed by atoms with Crippen LogP contribution in [0.25, 0.3) is 0 Å². The van der Waals surface area contributed by atoms with Gasteiger partial charge >= 0.3 is 0 Å². The maximum absolute atomic E-state index is 13.8. The van der Waals surface area contributed by atoms with Gasteiger partial charge in [-0.3, -0.25) is 9.10 Å². The number of hydrogen-bond donors (Lipinski definition) is 1. The lowest BCUT2D eigenvalue weighted by Gasteiger charge is -2.20. The molecular weight excluding hydrogens is 415 g/mol. The van der Waals surface area contributed by atoms with E-state index >= 15 is 0 Å². The number of sulfonamides is 1. The first kappa shape index (κ1) is 19.4. The Morgan fingerprint density at radius 2 is 1.76 bits per heavy atom. The molecule has 0 spiro atoms. The Balaban J connectivity index is 1.69. The van der Waals surface area contributed by atoms with Crippen LogP contribution in [0.4, 0.5) is 15.8 Å². The van der Waals surface area contributed by atoms with Crippen molar-refractivity contribution in [1.29, 1.82) is 0 Å². The molecule has 0 bridgehead atoms. The molecule has 1 amide bonds. The number of amides is 1. The van der Waals surface area contributed by atoms with Gasteiger partial charge in [-0.25, -0.2) is 12.8 Å². The lowest BCUT2D eigenvalue weighted by molar-refractivity contribution is 0.102. The van der Waals surface area contributed by atoms with Gasteiger partial charge in [0.25, 0.3) is 15.9 Å². The van der Waals surface area contributed by atoms with E-state index in [9.17, 15) is 17.6 Å². The van der Waals surface area contributed by atoms with Gasteiger partial charge in [-0.15, -0.1) is 0 Å². The first-order valence-corrected chi connectivity index (χ1v) is 10.7. The van der Waals surface area contributed by atoms with E-state index in [1.54, 1.807) is 18.2 Å². The highest BCUT2D eigenvalue weighted by molar-refractivity contribution is 7.93. The average Bonchev–Trinajstić information content (AvgIpc) is 3.15. The summed E-state index contributed by atoms with van der Waals surface area (Å²) in [5.74, 6) is -1.22. The van der Waals surface area contributed by atoms with Crippen LogP contribution in [0.3, 0.4) is 0 Å². The van der Waals surface area contributed by atoms with E-state index in [1.165, 1.54) is 40.7 Å². The monoisotopic (exact) mass is 430 g/mol. The van der Waals surface area contributed by atoms with Gasteiger partial charge in [-0.2, -0.15) is 0 Å². The fraction of sp³-hybridized carbons (Fsp3) is 0.0952. The molecule has 1 aliphatic heterocycles. The summed E-state index contributed by atoms with van der Waals surface area (Å²) in [4.78, 5) is 12.4. The number of hydrogen-bond acceptors (Lipinski definition) is 3. The first-order chi connectivity index (χ1) is 13.9. The minimum Gasteiger partial charge on any atom is -0.319 e. The van der Waals surface area contributed by atoms with Crippen molar-refractivity contribution >= 4 is 38.9 Å². The molecule has 148 valence electrons. The molecule has 0 aliphatic carbocycles. The summed E-state index contributed by atoms with van der Waals surface area (Å²) in [6.45, 7) is 0.295. The van der Waals surface area contributed by atoms with Gasteiger partial charge < -0.3 is 5.32 Å². The Hall–Kier alpha value is -2.90. The number of nitrogens with one attached hydrogen (secondary N) is 1. The zero-order valence-corrected chi connectivity index (χ0v) is 16.7. The van der Waals surface area contributed by atoms with Crippen LogP contribution >= 0.6 is 11.6 Å². The van der Waals surface area contributed by atoms with Crippen LogP contribution in [0, 0.1) is 5.82 Å². The molecule has 0 saturated carbocycles. The molecule has 8 heteroatoms. The third-order valence-corrected chi connectivity index (χ3v) is 7.02. The highest BCUT2D eigenvalue weighted by atomic mass is 35.5. The summed E-state index contributed by atoms with van der Waals surface area (Å²) in [6.07, 6.45) is 0.598. The van der Waals surface area contributed by atoms with Crippen LogP contribution in [-0.2, 0) is 16.4 Å². The molecule has 0 fully saturated rings. The molecule has 29 heavy (non-hydrogen) atoms. The van der Waals surface area contributed by atoms with E-state index < -0.39 is 21.7 Å². The summed E-state index contributed by atoms with van der Waals surface area (Å²) < 4.78 is 41.6. The van der Waals surface area contributed by atoms with E-state index in [2.05, 4.69) is 5.32 Å². The SMILES string of the molecule is O=C(Nc1ccccc1F)c1ccc(Cl)c(S(=O)(=O)N2CCc3ccccc32)c1. The molecule has 0 saturated heterocycles. The van der Waals surface area contributed by atoms with Gasteiger partial charge in [0.15, 0.2) is 0 Å². The Morgan fingerprint density at radius 1 is 1.03 bits per heavy atom. The standard InChI is InChI=1S/C21H16ClFN2O3S/c22-16-10-9-15(21(26)24-18-7-3-2-6-17(18)23)13-20(16)29(27,28)25-12-11-14-5-1-4-8-19(14)25/h1-10,13H,11-12H2,(H,24,26). The smallest absolute Gasteiger partial charge is 0.265 e. The van der Waals surface area contributed by atoms with Crippen molar-refractivity contribution in [3.05, 3.63) is 88.7 Å². The van der Waals surface area contributed by atoms with Crippen molar-refractivity contribution in [1.82, 2.24) is 0 Å². The molecule has 4 rings (SSSR count). The lowest BCUT2D eigenvalue weighted by atomic mass is 10.2. The van der Waals surface area contributed by atoms with Gasteiger partial charge in [0.1, 0.15) is 10.7 Å².